The number of carbonyl (C=O) groups is 1. The summed E-state index contributed by atoms with van der Waals surface area (Å²) in [6.45, 7) is 6.18. The molecule has 0 aromatic rings. The van der Waals surface area contributed by atoms with Crippen LogP contribution in [0.5, 0.6) is 0 Å². The fourth-order valence-corrected chi connectivity index (χ4v) is 1.61. The first-order valence-electron chi connectivity index (χ1n) is 4.88. The lowest BCUT2D eigenvalue weighted by molar-refractivity contribution is -0.175. The van der Waals surface area contributed by atoms with E-state index >= 15 is 0 Å². The van der Waals surface area contributed by atoms with Crippen LogP contribution >= 0.6 is 0 Å². The molecule has 0 aromatic heterocycles. The molecule has 0 aromatic carbocycles. The summed E-state index contributed by atoms with van der Waals surface area (Å²) in [5, 5.41) is 10.5. The Morgan fingerprint density at radius 3 is 3.14 bits per heavy atom. The van der Waals surface area contributed by atoms with Crippen LogP contribution in [-0.4, -0.2) is 35.3 Å². The SMILES string of the molecule is C=CCON1CCC(CC(C)O)C1=O. The highest BCUT2D eigenvalue weighted by Crippen LogP contribution is 2.22. The molecular formula is C10H17NO3. The van der Waals surface area contributed by atoms with Gasteiger partial charge in [0.15, 0.2) is 0 Å². The van der Waals surface area contributed by atoms with Crippen molar-refractivity contribution >= 4 is 5.91 Å². The zero-order chi connectivity index (χ0) is 10.6. The molecule has 1 saturated heterocycles. The van der Waals surface area contributed by atoms with Gasteiger partial charge in [0, 0.05) is 12.5 Å². The van der Waals surface area contributed by atoms with E-state index in [0.717, 1.165) is 6.42 Å². The van der Waals surface area contributed by atoms with E-state index in [9.17, 15) is 4.79 Å². The van der Waals surface area contributed by atoms with Crippen molar-refractivity contribution in [2.24, 2.45) is 5.92 Å². The highest BCUT2D eigenvalue weighted by molar-refractivity contribution is 5.79. The maximum absolute atomic E-state index is 11.6. The second-order valence-electron chi connectivity index (χ2n) is 3.60. The molecule has 0 spiro atoms. The third kappa shape index (κ3) is 2.82. The van der Waals surface area contributed by atoms with Gasteiger partial charge in [-0.25, -0.2) is 5.06 Å². The first kappa shape index (κ1) is 11.2. The van der Waals surface area contributed by atoms with E-state index < -0.39 is 6.10 Å². The number of hydrogen-bond donors (Lipinski definition) is 1. The van der Waals surface area contributed by atoms with Gasteiger partial charge in [-0.05, 0) is 19.8 Å². The Morgan fingerprint density at radius 1 is 1.86 bits per heavy atom. The fourth-order valence-electron chi connectivity index (χ4n) is 1.61. The molecular weight excluding hydrogens is 182 g/mol. The molecule has 1 amide bonds. The average Bonchev–Trinajstić information content (AvgIpc) is 2.45. The molecule has 0 bridgehead atoms. The number of hydroxylamine groups is 2. The van der Waals surface area contributed by atoms with E-state index in [0.29, 0.717) is 19.6 Å². The van der Waals surface area contributed by atoms with Crippen LogP contribution in [0.25, 0.3) is 0 Å². The second kappa shape index (κ2) is 5.12. The zero-order valence-corrected chi connectivity index (χ0v) is 8.48. The van der Waals surface area contributed by atoms with Gasteiger partial charge in [-0.3, -0.25) is 9.63 Å². The molecule has 14 heavy (non-hydrogen) atoms. The van der Waals surface area contributed by atoms with Gasteiger partial charge in [-0.2, -0.15) is 0 Å². The smallest absolute Gasteiger partial charge is 0.249 e. The van der Waals surface area contributed by atoms with Crippen molar-refractivity contribution in [1.29, 1.82) is 0 Å². The molecule has 2 atom stereocenters. The predicted octanol–water partition coefficient (Wildman–Crippen LogP) is 0.723. The number of aliphatic hydroxyl groups excluding tert-OH is 1. The number of rotatable bonds is 5. The Kier molecular flexibility index (Phi) is 4.10. The Morgan fingerprint density at radius 2 is 2.57 bits per heavy atom. The van der Waals surface area contributed by atoms with Crippen LogP contribution in [0.15, 0.2) is 12.7 Å². The summed E-state index contributed by atoms with van der Waals surface area (Å²) in [4.78, 5) is 16.8. The van der Waals surface area contributed by atoms with Crippen LogP contribution in [-0.2, 0) is 9.63 Å². The fraction of sp³-hybridized carbons (Fsp3) is 0.700. The Balaban J connectivity index is 2.38. The summed E-state index contributed by atoms with van der Waals surface area (Å²) in [7, 11) is 0. The molecule has 1 N–H and O–H groups in total. The van der Waals surface area contributed by atoms with Crippen LogP contribution < -0.4 is 0 Å². The van der Waals surface area contributed by atoms with Crippen molar-refractivity contribution in [1.82, 2.24) is 5.06 Å². The molecule has 1 fully saturated rings. The van der Waals surface area contributed by atoms with Crippen molar-refractivity contribution in [2.45, 2.75) is 25.9 Å². The van der Waals surface area contributed by atoms with E-state index in [1.807, 2.05) is 0 Å². The highest BCUT2D eigenvalue weighted by atomic mass is 16.7. The molecule has 0 saturated carbocycles. The Labute approximate surface area is 84.1 Å². The third-order valence-corrected chi connectivity index (χ3v) is 2.25. The largest absolute Gasteiger partial charge is 0.393 e. The monoisotopic (exact) mass is 199 g/mol. The van der Waals surface area contributed by atoms with Gasteiger partial charge in [-0.15, -0.1) is 6.58 Å². The van der Waals surface area contributed by atoms with Gasteiger partial charge < -0.3 is 5.11 Å². The van der Waals surface area contributed by atoms with E-state index in [1.54, 1.807) is 13.0 Å². The minimum Gasteiger partial charge on any atom is -0.393 e. The van der Waals surface area contributed by atoms with Crippen molar-refractivity contribution < 1.29 is 14.7 Å². The van der Waals surface area contributed by atoms with Crippen molar-refractivity contribution in [3.8, 4) is 0 Å². The van der Waals surface area contributed by atoms with Gasteiger partial charge in [0.05, 0.1) is 12.7 Å². The number of aliphatic hydroxyl groups is 1. The number of carbonyl (C=O) groups excluding carboxylic acids is 1. The van der Waals surface area contributed by atoms with E-state index in [2.05, 4.69) is 6.58 Å². The van der Waals surface area contributed by atoms with Crippen LogP contribution in [0, 0.1) is 5.92 Å². The number of amides is 1. The Bertz CT molecular complexity index is 215. The molecule has 0 aliphatic carbocycles. The summed E-state index contributed by atoms with van der Waals surface area (Å²) in [6.07, 6.45) is 2.46. The van der Waals surface area contributed by atoms with Gasteiger partial charge >= 0.3 is 0 Å². The molecule has 80 valence electrons. The summed E-state index contributed by atoms with van der Waals surface area (Å²) in [6, 6.07) is 0. The van der Waals surface area contributed by atoms with Gasteiger partial charge in [0.2, 0.25) is 5.91 Å². The standard InChI is InChI=1S/C10H17NO3/c1-3-6-14-11-5-4-9(10(11)13)7-8(2)12/h3,8-9,12H,1,4-7H2,2H3. The molecule has 0 radical (unpaired) electrons. The molecule has 4 heteroatoms. The van der Waals surface area contributed by atoms with E-state index in [1.165, 1.54) is 5.06 Å². The quantitative estimate of drug-likeness (QED) is 0.664. The zero-order valence-electron chi connectivity index (χ0n) is 8.48. The lowest BCUT2D eigenvalue weighted by Crippen LogP contribution is -2.28. The van der Waals surface area contributed by atoms with E-state index in [4.69, 9.17) is 9.94 Å². The second-order valence-corrected chi connectivity index (χ2v) is 3.60. The molecule has 1 heterocycles. The van der Waals surface area contributed by atoms with E-state index in [-0.39, 0.29) is 11.8 Å². The summed E-state index contributed by atoms with van der Waals surface area (Å²) in [5.41, 5.74) is 0. The summed E-state index contributed by atoms with van der Waals surface area (Å²) in [5.74, 6) is -0.104. The van der Waals surface area contributed by atoms with Crippen LogP contribution in [0.2, 0.25) is 0 Å². The maximum Gasteiger partial charge on any atom is 0.249 e. The molecule has 1 aliphatic rings. The first-order chi connectivity index (χ1) is 6.65. The van der Waals surface area contributed by atoms with Crippen LogP contribution in [0.4, 0.5) is 0 Å². The predicted molar refractivity (Wildman–Crippen MR) is 52.3 cm³/mol. The van der Waals surface area contributed by atoms with Crippen molar-refractivity contribution in [2.75, 3.05) is 13.2 Å². The Hall–Kier alpha value is -0.870. The molecule has 2 unspecified atom stereocenters. The average molecular weight is 199 g/mol. The normalized spacial score (nSPS) is 24.0. The minimum absolute atomic E-state index is 0.0206. The highest BCUT2D eigenvalue weighted by Gasteiger charge is 2.32. The van der Waals surface area contributed by atoms with Gasteiger partial charge in [-0.1, -0.05) is 6.08 Å². The van der Waals surface area contributed by atoms with Gasteiger partial charge in [0.1, 0.15) is 0 Å². The van der Waals surface area contributed by atoms with Crippen molar-refractivity contribution in [3.63, 3.8) is 0 Å². The van der Waals surface area contributed by atoms with Crippen molar-refractivity contribution in [3.05, 3.63) is 12.7 Å². The number of hydrogen-bond acceptors (Lipinski definition) is 3. The van der Waals surface area contributed by atoms with Crippen LogP contribution in [0.3, 0.4) is 0 Å². The summed E-state index contributed by atoms with van der Waals surface area (Å²) < 4.78 is 0. The maximum atomic E-state index is 11.6. The summed E-state index contributed by atoms with van der Waals surface area (Å²) >= 11 is 0. The lowest BCUT2D eigenvalue weighted by Gasteiger charge is -2.15. The number of nitrogens with zero attached hydrogens (tertiary/aromatic N) is 1. The van der Waals surface area contributed by atoms with Crippen LogP contribution in [0.1, 0.15) is 19.8 Å². The lowest BCUT2D eigenvalue weighted by atomic mass is 10.0. The minimum atomic E-state index is -0.427. The molecule has 1 aliphatic heterocycles. The van der Waals surface area contributed by atoms with Gasteiger partial charge in [0.25, 0.3) is 0 Å². The topological polar surface area (TPSA) is 49.8 Å². The third-order valence-electron chi connectivity index (χ3n) is 2.25. The first-order valence-corrected chi connectivity index (χ1v) is 4.88. The molecule has 1 rings (SSSR count). The molecule has 4 nitrogen and oxygen atoms in total.